The van der Waals surface area contributed by atoms with Gasteiger partial charge in [-0.3, -0.25) is 14.5 Å². The van der Waals surface area contributed by atoms with Gasteiger partial charge in [0.05, 0.1) is 12.2 Å². The predicted molar refractivity (Wildman–Crippen MR) is 117 cm³/mol. The first-order valence-corrected chi connectivity index (χ1v) is 10.7. The molecule has 0 bridgehead atoms. The van der Waals surface area contributed by atoms with Crippen LogP contribution in [0, 0.1) is 0 Å². The van der Waals surface area contributed by atoms with E-state index in [1.807, 2.05) is 31.2 Å². The molecule has 1 heterocycles. The van der Waals surface area contributed by atoms with Crippen molar-refractivity contribution in [3.63, 3.8) is 0 Å². The summed E-state index contributed by atoms with van der Waals surface area (Å²) in [5.41, 5.74) is 1.57. The summed E-state index contributed by atoms with van der Waals surface area (Å²) >= 11 is 0. The fourth-order valence-electron chi connectivity index (χ4n) is 4.27. The number of fused-ring (bicyclic) bond motifs is 2. The molecule has 1 spiro atoms. The van der Waals surface area contributed by atoms with Gasteiger partial charge in [-0.1, -0.05) is 31.2 Å². The Morgan fingerprint density at radius 3 is 2.62 bits per heavy atom. The van der Waals surface area contributed by atoms with Crippen LogP contribution in [0.3, 0.4) is 0 Å². The zero-order valence-corrected chi connectivity index (χ0v) is 17.8. The number of carbonyl (C=O) groups excluding carboxylic acids is 4. The molecule has 1 unspecified atom stereocenters. The fraction of sp³-hybridized carbons (Fsp3) is 0.333. The number of rotatable bonds is 6. The summed E-state index contributed by atoms with van der Waals surface area (Å²) in [6, 6.07) is 13.3. The molecule has 0 radical (unpaired) electrons. The largest absolute Gasteiger partial charge is 0.462 e. The second-order valence-electron chi connectivity index (χ2n) is 8.00. The maximum Gasteiger partial charge on any atom is 0.338 e. The number of hydrogen-bond acceptors (Lipinski definition) is 5. The zero-order chi connectivity index (χ0) is 22.7. The molecule has 2 aromatic rings. The Morgan fingerprint density at radius 2 is 1.88 bits per heavy atom. The third-order valence-electron chi connectivity index (χ3n) is 5.79. The van der Waals surface area contributed by atoms with Crippen LogP contribution >= 0.6 is 0 Å². The predicted octanol–water partition coefficient (Wildman–Crippen LogP) is 2.98. The summed E-state index contributed by atoms with van der Waals surface area (Å²) in [6.07, 6.45) is 2.86. The zero-order valence-electron chi connectivity index (χ0n) is 17.8. The summed E-state index contributed by atoms with van der Waals surface area (Å²) in [5.74, 6) is -1.34. The summed E-state index contributed by atoms with van der Waals surface area (Å²) < 4.78 is 5.08. The summed E-state index contributed by atoms with van der Waals surface area (Å²) in [4.78, 5) is 51.3. The molecule has 1 aliphatic heterocycles. The van der Waals surface area contributed by atoms with E-state index in [0.717, 1.165) is 35.3 Å². The molecule has 2 aromatic carbocycles. The molecule has 1 saturated heterocycles. The van der Waals surface area contributed by atoms with Crippen LogP contribution in [-0.2, 0) is 26.3 Å². The highest BCUT2D eigenvalue weighted by molar-refractivity contribution is 6.10. The number of aryl methyl sites for hydroxylation is 1. The number of carbonyl (C=O) groups is 4. The molecule has 8 heteroatoms. The van der Waals surface area contributed by atoms with E-state index in [0.29, 0.717) is 24.3 Å². The quantitative estimate of drug-likeness (QED) is 0.536. The van der Waals surface area contributed by atoms with E-state index in [-0.39, 0.29) is 0 Å². The maximum atomic E-state index is 13.3. The van der Waals surface area contributed by atoms with Gasteiger partial charge in [0, 0.05) is 5.69 Å². The van der Waals surface area contributed by atoms with Crippen molar-refractivity contribution in [2.75, 3.05) is 18.5 Å². The first kappa shape index (κ1) is 21.5. The number of ether oxygens (including phenoxy) is 1. The van der Waals surface area contributed by atoms with Gasteiger partial charge in [0.2, 0.25) is 5.91 Å². The van der Waals surface area contributed by atoms with Gasteiger partial charge in [-0.2, -0.15) is 0 Å². The third-order valence-corrected chi connectivity index (χ3v) is 5.79. The minimum absolute atomic E-state index is 0.342. The van der Waals surface area contributed by atoms with Gasteiger partial charge in [0.15, 0.2) is 0 Å². The van der Waals surface area contributed by atoms with Crippen molar-refractivity contribution >= 4 is 29.5 Å². The molecule has 32 heavy (non-hydrogen) atoms. The number of esters is 1. The molecule has 0 saturated carbocycles. The molecule has 1 fully saturated rings. The lowest BCUT2D eigenvalue weighted by atomic mass is 9.76. The molecule has 1 atom stereocenters. The van der Waals surface area contributed by atoms with Crippen LogP contribution in [0.1, 0.15) is 47.7 Å². The van der Waals surface area contributed by atoms with Crippen LogP contribution in [0.15, 0.2) is 48.5 Å². The molecule has 0 aromatic heterocycles. The van der Waals surface area contributed by atoms with Crippen LogP contribution in [0.4, 0.5) is 10.5 Å². The number of nitrogens with zero attached hydrogens (tertiary/aromatic N) is 1. The number of urea groups is 1. The second-order valence-corrected chi connectivity index (χ2v) is 8.00. The number of benzene rings is 2. The molecule has 8 nitrogen and oxygen atoms in total. The Hall–Kier alpha value is -3.68. The number of hydrogen-bond donors (Lipinski definition) is 2. The van der Waals surface area contributed by atoms with Crippen molar-refractivity contribution in [2.45, 2.75) is 38.1 Å². The smallest absolute Gasteiger partial charge is 0.338 e. The van der Waals surface area contributed by atoms with E-state index in [9.17, 15) is 19.2 Å². The maximum absolute atomic E-state index is 13.3. The SMILES string of the molecule is CCCOC(=O)c1ccc(NC(=O)CN2C(=O)NC3(CCCc4ccccc43)C2=O)cc1. The van der Waals surface area contributed by atoms with Crippen LogP contribution in [0.2, 0.25) is 0 Å². The van der Waals surface area contributed by atoms with Crippen molar-refractivity contribution in [3.05, 3.63) is 65.2 Å². The van der Waals surface area contributed by atoms with Crippen LogP contribution in [-0.4, -0.2) is 41.9 Å². The van der Waals surface area contributed by atoms with Gasteiger partial charge in [0.25, 0.3) is 5.91 Å². The molecular weight excluding hydrogens is 410 g/mol. The van der Waals surface area contributed by atoms with E-state index >= 15 is 0 Å². The monoisotopic (exact) mass is 435 g/mol. The van der Waals surface area contributed by atoms with E-state index in [1.165, 1.54) is 0 Å². The summed E-state index contributed by atoms with van der Waals surface area (Å²) in [6.45, 7) is 1.86. The molecule has 166 valence electrons. The van der Waals surface area contributed by atoms with Gasteiger partial charge in [-0.25, -0.2) is 9.59 Å². The van der Waals surface area contributed by atoms with Gasteiger partial charge < -0.3 is 15.4 Å². The molecular formula is C24H25N3O5. The lowest BCUT2D eigenvalue weighted by Crippen LogP contribution is -2.47. The van der Waals surface area contributed by atoms with E-state index < -0.39 is 35.9 Å². The first-order valence-electron chi connectivity index (χ1n) is 10.7. The minimum Gasteiger partial charge on any atom is -0.462 e. The third kappa shape index (κ3) is 3.95. The molecule has 2 aliphatic rings. The lowest BCUT2D eigenvalue weighted by Gasteiger charge is -2.33. The van der Waals surface area contributed by atoms with Gasteiger partial charge in [-0.05, 0) is 61.1 Å². The Bertz CT molecular complexity index is 1070. The number of imide groups is 1. The van der Waals surface area contributed by atoms with E-state index in [4.69, 9.17) is 4.74 Å². The second kappa shape index (κ2) is 8.82. The molecule has 4 rings (SSSR count). The average molecular weight is 435 g/mol. The van der Waals surface area contributed by atoms with Crippen molar-refractivity contribution in [2.24, 2.45) is 0 Å². The Labute approximate surface area is 185 Å². The fourth-order valence-corrected chi connectivity index (χ4v) is 4.27. The standard InChI is InChI=1S/C24H25N3O5/c1-2-14-32-21(29)17-9-11-18(12-10-17)25-20(28)15-27-22(30)24(26-23(27)31)13-5-7-16-6-3-4-8-19(16)24/h3-4,6,8-12H,2,5,7,13-15H2,1H3,(H,25,28)(H,26,31). The van der Waals surface area contributed by atoms with Crippen LogP contribution in [0.5, 0.6) is 0 Å². The topological polar surface area (TPSA) is 105 Å². The summed E-state index contributed by atoms with van der Waals surface area (Å²) in [5, 5.41) is 5.50. The highest BCUT2D eigenvalue weighted by Gasteiger charge is 2.54. The normalized spacial score (nSPS) is 19.5. The van der Waals surface area contributed by atoms with Crippen LogP contribution < -0.4 is 10.6 Å². The van der Waals surface area contributed by atoms with E-state index in [2.05, 4.69) is 10.6 Å². The van der Waals surface area contributed by atoms with Crippen molar-refractivity contribution in [1.29, 1.82) is 0 Å². The van der Waals surface area contributed by atoms with Gasteiger partial charge >= 0.3 is 12.0 Å². The highest BCUT2D eigenvalue weighted by atomic mass is 16.5. The molecule has 1 aliphatic carbocycles. The Kier molecular flexibility index (Phi) is 5.94. The first-order chi connectivity index (χ1) is 15.4. The Balaban J connectivity index is 1.43. The molecule has 4 amide bonds. The van der Waals surface area contributed by atoms with Gasteiger partial charge in [0.1, 0.15) is 12.1 Å². The number of amides is 4. The van der Waals surface area contributed by atoms with Crippen LogP contribution in [0.25, 0.3) is 0 Å². The van der Waals surface area contributed by atoms with Crippen molar-refractivity contribution in [3.8, 4) is 0 Å². The Morgan fingerprint density at radius 1 is 1.12 bits per heavy atom. The van der Waals surface area contributed by atoms with Crippen molar-refractivity contribution < 1.29 is 23.9 Å². The molecule has 2 N–H and O–H groups in total. The summed E-state index contributed by atoms with van der Waals surface area (Å²) in [7, 11) is 0. The number of nitrogens with one attached hydrogen (secondary N) is 2. The highest BCUT2D eigenvalue weighted by Crippen LogP contribution is 2.39. The average Bonchev–Trinajstić information content (AvgIpc) is 3.03. The lowest BCUT2D eigenvalue weighted by molar-refractivity contribution is -0.134. The number of anilines is 1. The van der Waals surface area contributed by atoms with E-state index in [1.54, 1.807) is 24.3 Å². The van der Waals surface area contributed by atoms with Crippen molar-refractivity contribution in [1.82, 2.24) is 10.2 Å². The minimum atomic E-state index is -1.10. The van der Waals surface area contributed by atoms with Gasteiger partial charge in [-0.15, -0.1) is 0 Å².